The molecule has 98 valence electrons. The van der Waals surface area contributed by atoms with Gasteiger partial charge in [-0.3, -0.25) is 4.79 Å². The van der Waals surface area contributed by atoms with E-state index in [0.29, 0.717) is 12.8 Å². The first-order chi connectivity index (χ1) is 8.33. The molecule has 18 heavy (non-hydrogen) atoms. The molecule has 0 aromatic heterocycles. The topological polar surface area (TPSA) is 43.1 Å². The van der Waals surface area contributed by atoms with Gasteiger partial charge in [-0.2, -0.15) is 13.2 Å². The van der Waals surface area contributed by atoms with E-state index in [1.807, 2.05) is 0 Å². The zero-order valence-electron chi connectivity index (χ0n) is 9.76. The Labute approximate surface area is 103 Å². The highest BCUT2D eigenvalue weighted by Gasteiger charge is 2.38. The van der Waals surface area contributed by atoms with Crippen LogP contribution in [-0.2, 0) is 6.18 Å². The minimum absolute atomic E-state index is 0.0502. The number of rotatable bonds is 2. The molecule has 2 nitrogen and oxygen atoms in total. The van der Waals surface area contributed by atoms with Gasteiger partial charge in [-0.25, -0.2) is 0 Å². The molecule has 0 amide bonds. The first kappa shape index (κ1) is 13.1. The highest BCUT2D eigenvalue weighted by molar-refractivity contribution is 6.03. The van der Waals surface area contributed by atoms with E-state index in [9.17, 15) is 18.0 Å². The molecule has 1 aliphatic carbocycles. The molecule has 0 atom stereocenters. The van der Waals surface area contributed by atoms with Crippen molar-refractivity contribution in [2.75, 3.05) is 0 Å². The molecular weight excluding hydrogens is 243 g/mol. The highest BCUT2D eigenvalue weighted by atomic mass is 19.4. The van der Waals surface area contributed by atoms with Crippen LogP contribution in [0.25, 0.3) is 0 Å². The predicted octanol–water partition coefficient (Wildman–Crippen LogP) is 3.16. The third kappa shape index (κ3) is 2.41. The van der Waals surface area contributed by atoms with Gasteiger partial charge in [-0.1, -0.05) is 25.0 Å². The number of Topliss-reactive ketones (excluding diaryl/α,β-unsaturated/α-hetero) is 1. The van der Waals surface area contributed by atoms with E-state index in [-0.39, 0.29) is 11.3 Å². The van der Waals surface area contributed by atoms with E-state index in [4.69, 9.17) is 5.73 Å². The summed E-state index contributed by atoms with van der Waals surface area (Å²) in [4.78, 5) is 12.2. The summed E-state index contributed by atoms with van der Waals surface area (Å²) in [5.74, 6) is -0.383. The summed E-state index contributed by atoms with van der Waals surface area (Å²) in [7, 11) is 0. The van der Waals surface area contributed by atoms with Gasteiger partial charge in [-0.05, 0) is 25.0 Å². The number of hydrogen-bond donors (Lipinski definition) is 1. The van der Waals surface area contributed by atoms with Crippen LogP contribution in [0.2, 0.25) is 0 Å². The summed E-state index contributed by atoms with van der Waals surface area (Å²) in [5, 5.41) is 0. The van der Waals surface area contributed by atoms with Crippen LogP contribution < -0.4 is 5.73 Å². The van der Waals surface area contributed by atoms with Crippen LogP contribution in [0.15, 0.2) is 24.3 Å². The number of nitrogens with two attached hydrogens (primary N) is 1. The van der Waals surface area contributed by atoms with Crippen molar-refractivity contribution in [3.8, 4) is 0 Å². The van der Waals surface area contributed by atoms with Crippen LogP contribution in [0, 0.1) is 0 Å². The molecule has 1 aromatic rings. The van der Waals surface area contributed by atoms with Gasteiger partial charge in [0, 0.05) is 5.56 Å². The van der Waals surface area contributed by atoms with Gasteiger partial charge in [0.25, 0.3) is 0 Å². The molecule has 0 heterocycles. The SMILES string of the molecule is NC1(C(=O)c2cccc(C(F)(F)F)c2)CCCC1. The predicted molar refractivity (Wildman–Crippen MR) is 61.2 cm³/mol. The second-order valence-corrected chi connectivity index (χ2v) is 4.77. The molecule has 0 aliphatic heterocycles. The quantitative estimate of drug-likeness (QED) is 0.827. The highest BCUT2D eigenvalue weighted by Crippen LogP contribution is 2.33. The zero-order valence-corrected chi connectivity index (χ0v) is 9.76. The van der Waals surface area contributed by atoms with Crippen LogP contribution in [0.3, 0.4) is 0 Å². The molecule has 1 aromatic carbocycles. The molecular formula is C13H14F3NO. The van der Waals surface area contributed by atoms with Crippen molar-refractivity contribution in [2.24, 2.45) is 5.73 Å². The number of benzene rings is 1. The van der Waals surface area contributed by atoms with Crippen LogP contribution in [0.4, 0.5) is 13.2 Å². The summed E-state index contributed by atoms with van der Waals surface area (Å²) < 4.78 is 37.7. The first-order valence-electron chi connectivity index (χ1n) is 5.84. The Balaban J connectivity index is 2.31. The van der Waals surface area contributed by atoms with Crippen molar-refractivity contribution in [2.45, 2.75) is 37.4 Å². The molecule has 1 saturated carbocycles. The van der Waals surface area contributed by atoms with Gasteiger partial charge in [-0.15, -0.1) is 0 Å². The Kier molecular flexibility index (Phi) is 3.19. The van der Waals surface area contributed by atoms with Gasteiger partial charge >= 0.3 is 6.18 Å². The van der Waals surface area contributed by atoms with Crippen LogP contribution in [-0.4, -0.2) is 11.3 Å². The maximum absolute atomic E-state index is 12.6. The van der Waals surface area contributed by atoms with Gasteiger partial charge < -0.3 is 5.73 Å². The van der Waals surface area contributed by atoms with Crippen molar-refractivity contribution in [1.29, 1.82) is 0 Å². The molecule has 0 saturated heterocycles. The maximum Gasteiger partial charge on any atom is 0.416 e. The second kappa shape index (κ2) is 4.39. The molecule has 0 unspecified atom stereocenters. The lowest BCUT2D eigenvalue weighted by molar-refractivity contribution is -0.137. The van der Waals surface area contributed by atoms with Gasteiger partial charge in [0.2, 0.25) is 0 Å². The van der Waals surface area contributed by atoms with Crippen molar-refractivity contribution in [3.05, 3.63) is 35.4 Å². The summed E-state index contributed by atoms with van der Waals surface area (Å²) in [6, 6.07) is 4.47. The average Bonchev–Trinajstić information content (AvgIpc) is 2.75. The largest absolute Gasteiger partial charge is 0.416 e. The lowest BCUT2D eigenvalue weighted by Gasteiger charge is -2.22. The van der Waals surface area contributed by atoms with Crippen LogP contribution >= 0.6 is 0 Å². The number of alkyl halides is 3. The fourth-order valence-corrected chi connectivity index (χ4v) is 2.36. The molecule has 0 radical (unpaired) electrons. The number of carbonyl (C=O) groups excluding carboxylic acids is 1. The second-order valence-electron chi connectivity index (χ2n) is 4.77. The first-order valence-corrected chi connectivity index (χ1v) is 5.84. The average molecular weight is 257 g/mol. The Hall–Kier alpha value is -1.36. The van der Waals surface area contributed by atoms with E-state index in [0.717, 1.165) is 25.0 Å². The Morgan fingerprint density at radius 2 is 1.83 bits per heavy atom. The molecule has 2 N–H and O–H groups in total. The van der Waals surface area contributed by atoms with E-state index in [1.54, 1.807) is 0 Å². The summed E-state index contributed by atoms with van der Waals surface area (Å²) in [6.45, 7) is 0. The molecule has 0 spiro atoms. The smallest absolute Gasteiger partial charge is 0.319 e. The van der Waals surface area contributed by atoms with Crippen LogP contribution in [0.5, 0.6) is 0 Å². The monoisotopic (exact) mass is 257 g/mol. The number of carbonyl (C=O) groups is 1. The molecule has 1 aliphatic rings. The Morgan fingerprint density at radius 3 is 2.39 bits per heavy atom. The van der Waals surface area contributed by atoms with E-state index in [2.05, 4.69) is 0 Å². The van der Waals surface area contributed by atoms with Crippen molar-refractivity contribution >= 4 is 5.78 Å². The fraction of sp³-hybridized carbons (Fsp3) is 0.462. The third-order valence-electron chi connectivity index (χ3n) is 3.40. The summed E-state index contributed by atoms with van der Waals surface area (Å²) in [5.41, 5.74) is 4.22. The van der Waals surface area contributed by atoms with E-state index >= 15 is 0 Å². The lowest BCUT2D eigenvalue weighted by Crippen LogP contribution is -2.45. The maximum atomic E-state index is 12.6. The molecule has 1 fully saturated rings. The van der Waals surface area contributed by atoms with Gasteiger partial charge in [0.05, 0.1) is 11.1 Å². The fourth-order valence-electron chi connectivity index (χ4n) is 2.36. The minimum Gasteiger partial charge on any atom is -0.319 e. The minimum atomic E-state index is -4.44. The van der Waals surface area contributed by atoms with Gasteiger partial charge in [0.1, 0.15) is 0 Å². The third-order valence-corrected chi connectivity index (χ3v) is 3.40. The van der Waals surface area contributed by atoms with Crippen molar-refractivity contribution in [3.63, 3.8) is 0 Å². The van der Waals surface area contributed by atoms with Crippen molar-refractivity contribution in [1.82, 2.24) is 0 Å². The van der Waals surface area contributed by atoms with Crippen molar-refractivity contribution < 1.29 is 18.0 Å². The standard InChI is InChI=1S/C13H14F3NO/c14-13(15,16)10-5-3-4-9(8-10)11(18)12(17)6-1-2-7-12/h3-5,8H,1-2,6-7,17H2. The Bertz CT molecular complexity index is 462. The summed E-state index contributed by atoms with van der Waals surface area (Å²) in [6.07, 6.45) is -1.65. The summed E-state index contributed by atoms with van der Waals surface area (Å²) >= 11 is 0. The van der Waals surface area contributed by atoms with E-state index in [1.165, 1.54) is 12.1 Å². The molecule has 5 heteroatoms. The molecule has 0 bridgehead atoms. The normalized spacial score (nSPS) is 18.9. The number of ketones is 1. The van der Waals surface area contributed by atoms with Crippen LogP contribution in [0.1, 0.15) is 41.6 Å². The molecule has 2 rings (SSSR count). The lowest BCUT2D eigenvalue weighted by atomic mass is 9.88. The number of halogens is 3. The van der Waals surface area contributed by atoms with E-state index < -0.39 is 17.3 Å². The number of hydrogen-bond acceptors (Lipinski definition) is 2. The Morgan fingerprint density at radius 1 is 1.22 bits per heavy atom. The zero-order chi connectivity index (χ0) is 13.4. The van der Waals surface area contributed by atoms with Gasteiger partial charge in [0.15, 0.2) is 5.78 Å².